The van der Waals surface area contributed by atoms with Gasteiger partial charge in [-0.15, -0.1) is 0 Å². The first kappa shape index (κ1) is 15.2. The van der Waals surface area contributed by atoms with Crippen LogP contribution in [-0.4, -0.2) is 28.7 Å². The van der Waals surface area contributed by atoms with Gasteiger partial charge in [0.1, 0.15) is 5.56 Å². The summed E-state index contributed by atoms with van der Waals surface area (Å²) in [7, 11) is 0. The Morgan fingerprint density at radius 2 is 1.30 bits per heavy atom. The Hall–Kier alpha value is -1.18. The molecule has 1 aliphatic heterocycles. The van der Waals surface area contributed by atoms with Gasteiger partial charge in [0, 0.05) is 17.9 Å². The van der Waals surface area contributed by atoms with E-state index >= 15 is 0 Å². The average Bonchev–Trinajstić information content (AvgIpc) is 2.44. The molecule has 0 N–H and O–H groups in total. The zero-order chi connectivity index (χ0) is 15.0. The molecule has 2 rings (SSSR count). The predicted octanol–water partition coefficient (Wildman–Crippen LogP) is 3.38. The van der Waals surface area contributed by atoms with Gasteiger partial charge in [0.2, 0.25) is 5.82 Å². The molecule has 110 valence electrons. The number of piperidine rings is 1. The Bertz CT molecular complexity index is 528. The lowest BCUT2D eigenvalue weighted by Crippen LogP contribution is -2.39. The van der Waals surface area contributed by atoms with Gasteiger partial charge in [0.25, 0.3) is 5.91 Å². The highest BCUT2D eigenvalue weighted by Crippen LogP contribution is 2.26. The van der Waals surface area contributed by atoms with Crippen molar-refractivity contribution >= 4 is 21.8 Å². The Kier molecular flexibility index (Phi) is 4.31. The summed E-state index contributed by atoms with van der Waals surface area (Å²) in [5.41, 5.74) is -1.39. The number of hydrogen-bond donors (Lipinski definition) is 0. The summed E-state index contributed by atoms with van der Waals surface area (Å²) in [6.07, 6.45) is 1.09. The Labute approximate surface area is 119 Å². The molecule has 2 nitrogen and oxygen atoms in total. The standard InChI is InChI=1S/C12H9BrF5NO/c13-5-1-3-19(4-2-5)12(20)6-7(14)9(16)11(18)10(17)8(6)15/h5H,1-4H2. The molecule has 8 heteroatoms. The molecular weight excluding hydrogens is 349 g/mol. The van der Waals surface area contributed by atoms with Crippen LogP contribution < -0.4 is 0 Å². The van der Waals surface area contributed by atoms with Crippen LogP contribution in [0.15, 0.2) is 0 Å². The van der Waals surface area contributed by atoms with Gasteiger partial charge in [-0.1, -0.05) is 15.9 Å². The number of hydrogen-bond acceptors (Lipinski definition) is 1. The summed E-state index contributed by atoms with van der Waals surface area (Å²) in [6.45, 7) is 0.377. The lowest BCUT2D eigenvalue weighted by molar-refractivity contribution is 0.0715. The SMILES string of the molecule is O=C(c1c(F)c(F)c(F)c(F)c1F)N1CCC(Br)CC1. The summed E-state index contributed by atoms with van der Waals surface area (Å²) in [5.74, 6) is -11.8. The van der Waals surface area contributed by atoms with E-state index in [1.54, 1.807) is 0 Å². The molecule has 1 saturated heterocycles. The van der Waals surface area contributed by atoms with Gasteiger partial charge in [-0.25, -0.2) is 22.0 Å². The normalized spacial score (nSPS) is 16.6. The van der Waals surface area contributed by atoms with E-state index in [0.717, 1.165) is 4.90 Å². The Morgan fingerprint density at radius 3 is 1.75 bits per heavy atom. The lowest BCUT2D eigenvalue weighted by atomic mass is 10.1. The van der Waals surface area contributed by atoms with Crippen molar-refractivity contribution in [3.05, 3.63) is 34.6 Å². The van der Waals surface area contributed by atoms with Crippen molar-refractivity contribution in [2.45, 2.75) is 17.7 Å². The number of carbonyl (C=O) groups excluding carboxylic acids is 1. The molecule has 0 atom stereocenters. The second-order valence-electron chi connectivity index (χ2n) is 4.41. The third-order valence-electron chi connectivity index (χ3n) is 3.14. The smallest absolute Gasteiger partial charge is 0.260 e. The Balaban J connectivity index is 2.40. The number of carbonyl (C=O) groups is 1. The van der Waals surface area contributed by atoms with E-state index in [1.807, 2.05) is 0 Å². The largest absolute Gasteiger partial charge is 0.338 e. The maximum absolute atomic E-state index is 13.5. The molecule has 0 radical (unpaired) electrons. The van der Waals surface area contributed by atoms with Crippen molar-refractivity contribution in [1.29, 1.82) is 0 Å². The molecule has 0 saturated carbocycles. The summed E-state index contributed by atoms with van der Waals surface area (Å²) < 4.78 is 66.0. The topological polar surface area (TPSA) is 20.3 Å². The van der Waals surface area contributed by atoms with Crippen molar-refractivity contribution in [2.75, 3.05) is 13.1 Å². The van der Waals surface area contributed by atoms with Crippen molar-refractivity contribution in [3.8, 4) is 0 Å². The average molecular weight is 358 g/mol. The molecular formula is C12H9BrF5NO. The zero-order valence-electron chi connectivity index (χ0n) is 10.0. The first-order chi connectivity index (χ1) is 9.34. The van der Waals surface area contributed by atoms with E-state index in [1.165, 1.54) is 0 Å². The van der Waals surface area contributed by atoms with Crippen molar-refractivity contribution < 1.29 is 26.7 Å². The highest BCUT2D eigenvalue weighted by molar-refractivity contribution is 9.09. The van der Waals surface area contributed by atoms with E-state index in [0.29, 0.717) is 12.8 Å². The van der Waals surface area contributed by atoms with Crippen LogP contribution in [-0.2, 0) is 0 Å². The fraction of sp³-hybridized carbons (Fsp3) is 0.417. The Morgan fingerprint density at radius 1 is 0.900 bits per heavy atom. The number of benzene rings is 1. The number of amides is 1. The second kappa shape index (κ2) is 5.67. The van der Waals surface area contributed by atoms with E-state index in [4.69, 9.17) is 0 Å². The molecule has 1 aromatic carbocycles. The highest BCUT2D eigenvalue weighted by atomic mass is 79.9. The maximum atomic E-state index is 13.5. The quantitative estimate of drug-likeness (QED) is 0.326. The highest BCUT2D eigenvalue weighted by Gasteiger charge is 2.33. The van der Waals surface area contributed by atoms with Crippen molar-refractivity contribution in [3.63, 3.8) is 0 Å². The van der Waals surface area contributed by atoms with Crippen LogP contribution in [0, 0.1) is 29.1 Å². The van der Waals surface area contributed by atoms with Crippen LogP contribution in [0.4, 0.5) is 22.0 Å². The van der Waals surface area contributed by atoms with Crippen LogP contribution in [0.2, 0.25) is 0 Å². The predicted molar refractivity (Wildman–Crippen MR) is 64.1 cm³/mol. The number of likely N-dealkylation sites (tertiary alicyclic amines) is 1. The third kappa shape index (κ3) is 2.53. The first-order valence-corrected chi connectivity index (χ1v) is 6.71. The van der Waals surface area contributed by atoms with Crippen LogP contribution >= 0.6 is 15.9 Å². The maximum Gasteiger partial charge on any atom is 0.260 e. The van der Waals surface area contributed by atoms with E-state index < -0.39 is 40.6 Å². The minimum Gasteiger partial charge on any atom is -0.338 e. The molecule has 1 amide bonds. The minimum absolute atomic E-state index is 0.169. The molecule has 1 fully saturated rings. The van der Waals surface area contributed by atoms with Gasteiger partial charge in [-0.2, -0.15) is 0 Å². The van der Waals surface area contributed by atoms with Crippen LogP contribution in [0.25, 0.3) is 0 Å². The van der Waals surface area contributed by atoms with Gasteiger partial charge in [0.15, 0.2) is 23.3 Å². The van der Waals surface area contributed by atoms with E-state index in [-0.39, 0.29) is 17.9 Å². The van der Waals surface area contributed by atoms with E-state index in [2.05, 4.69) is 15.9 Å². The third-order valence-corrected chi connectivity index (χ3v) is 4.05. The first-order valence-electron chi connectivity index (χ1n) is 5.79. The van der Waals surface area contributed by atoms with Crippen LogP contribution in [0.3, 0.4) is 0 Å². The van der Waals surface area contributed by atoms with Crippen molar-refractivity contribution in [2.24, 2.45) is 0 Å². The molecule has 1 aromatic rings. The van der Waals surface area contributed by atoms with Gasteiger partial charge in [0.05, 0.1) is 0 Å². The number of alkyl halides is 1. The molecule has 1 aliphatic rings. The van der Waals surface area contributed by atoms with Gasteiger partial charge < -0.3 is 4.90 Å². The van der Waals surface area contributed by atoms with Crippen molar-refractivity contribution in [1.82, 2.24) is 4.90 Å². The molecule has 1 heterocycles. The van der Waals surface area contributed by atoms with Gasteiger partial charge in [-0.3, -0.25) is 4.79 Å². The second-order valence-corrected chi connectivity index (χ2v) is 5.71. The molecule has 0 aliphatic carbocycles. The summed E-state index contributed by atoms with van der Waals surface area (Å²) in [5, 5.41) is 0. The molecule has 20 heavy (non-hydrogen) atoms. The minimum atomic E-state index is -2.27. The fourth-order valence-corrected chi connectivity index (χ4v) is 2.41. The van der Waals surface area contributed by atoms with Gasteiger partial charge >= 0.3 is 0 Å². The summed E-state index contributed by atoms with van der Waals surface area (Å²) >= 11 is 3.33. The van der Waals surface area contributed by atoms with Crippen LogP contribution in [0.1, 0.15) is 23.2 Å². The molecule has 0 unspecified atom stereocenters. The molecule has 0 bridgehead atoms. The fourth-order valence-electron chi connectivity index (χ4n) is 2.00. The lowest BCUT2D eigenvalue weighted by Gasteiger charge is -2.29. The molecule has 0 spiro atoms. The number of rotatable bonds is 1. The monoisotopic (exact) mass is 357 g/mol. The van der Waals surface area contributed by atoms with Gasteiger partial charge in [-0.05, 0) is 12.8 Å². The van der Waals surface area contributed by atoms with Crippen LogP contribution in [0.5, 0.6) is 0 Å². The summed E-state index contributed by atoms with van der Waals surface area (Å²) in [6, 6.07) is 0. The number of nitrogens with zero attached hydrogens (tertiary/aromatic N) is 1. The van der Waals surface area contributed by atoms with E-state index in [9.17, 15) is 26.7 Å². The summed E-state index contributed by atoms with van der Waals surface area (Å²) in [4.78, 5) is 13.2. The molecule has 0 aromatic heterocycles. The zero-order valence-corrected chi connectivity index (χ0v) is 11.6. The number of halogens is 6.